The largest absolute Gasteiger partial charge is 0.497 e. The van der Waals surface area contributed by atoms with E-state index in [1.807, 2.05) is 41.7 Å². The van der Waals surface area contributed by atoms with Gasteiger partial charge in [-0.25, -0.2) is 4.98 Å². The first-order chi connectivity index (χ1) is 13.6. The van der Waals surface area contributed by atoms with Crippen LogP contribution in [0.2, 0.25) is 0 Å². The second-order valence-electron chi connectivity index (χ2n) is 7.64. The van der Waals surface area contributed by atoms with Crippen molar-refractivity contribution in [1.29, 1.82) is 0 Å². The van der Waals surface area contributed by atoms with E-state index in [2.05, 4.69) is 9.55 Å². The smallest absolute Gasteiger partial charge is 0.228 e. The number of aromatic nitrogens is 2. The van der Waals surface area contributed by atoms with Crippen LogP contribution in [0.4, 0.5) is 5.69 Å². The van der Waals surface area contributed by atoms with Crippen molar-refractivity contribution in [3.63, 3.8) is 0 Å². The minimum absolute atomic E-state index is 0.00148. The van der Waals surface area contributed by atoms with Gasteiger partial charge in [0.25, 0.3) is 0 Å². The molecule has 0 radical (unpaired) electrons. The van der Waals surface area contributed by atoms with Crippen LogP contribution in [0.5, 0.6) is 5.75 Å². The molecule has 1 aromatic heterocycles. The van der Waals surface area contributed by atoms with Crippen LogP contribution in [0.3, 0.4) is 0 Å². The van der Waals surface area contributed by atoms with Gasteiger partial charge < -0.3 is 19.1 Å². The van der Waals surface area contributed by atoms with Crippen molar-refractivity contribution in [2.75, 3.05) is 31.6 Å². The monoisotopic (exact) mass is 382 g/mol. The first-order valence-corrected chi connectivity index (χ1v) is 9.83. The zero-order valence-corrected chi connectivity index (χ0v) is 16.2. The average Bonchev–Trinajstić information content (AvgIpc) is 3.37. The summed E-state index contributed by atoms with van der Waals surface area (Å²) in [5.41, 5.74) is 0.790. The number of benzene rings is 1. The number of hydrogen-bond donors (Lipinski definition) is 0. The highest BCUT2D eigenvalue weighted by atomic mass is 16.5. The molecule has 2 amide bonds. The molecule has 2 aliphatic rings. The van der Waals surface area contributed by atoms with Crippen LogP contribution in [0.25, 0.3) is 0 Å². The molecule has 3 heterocycles. The fourth-order valence-corrected chi connectivity index (χ4v) is 4.19. The Morgan fingerprint density at radius 3 is 2.82 bits per heavy atom. The van der Waals surface area contributed by atoms with Gasteiger partial charge in [-0.05, 0) is 30.9 Å². The summed E-state index contributed by atoms with van der Waals surface area (Å²) in [6.45, 7) is 2.93. The Balaban J connectivity index is 1.33. The number of anilines is 1. The van der Waals surface area contributed by atoms with Crippen molar-refractivity contribution >= 4 is 17.5 Å². The van der Waals surface area contributed by atoms with Crippen molar-refractivity contribution in [3.8, 4) is 5.75 Å². The number of imidazole rings is 1. The Morgan fingerprint density at radius 1 is 1.29 bits per heavy atom. The zero-order chi connectivity index (χ0) is 19.5. The maximum absolute atomic E-state index is 13.0. The van der Waals surface area contributed by atoms with Crippen LogP contribution >= 0.6 is 0 Å². The minimum atomic E-state index is -0.260. The van der Waals surface area contributed by atoms with Crippen LogP contribution in [0.1, 0.15) is 19.3 Å². The normalized spacial score (nSPS) is 20.6. The highest BCUT2D eigenvalue weighted by Crippen LogP contribution is 2.30. The molecule has 2 aliphatic heterocycles. The quantitative estimate of drug-likeness (QED) is 0.795. The SMILES string of the molecule is COc1cccc(N2C[C@@H](C(=O)N3CCC(Cn4ccnc4)CC3)CC2=O)c1. The maximum atomic E-state index is 13.0. The number of ether oxygens (including phenoxy) is 1. The van der Waals surface area contributed by atoms with Gasteiger partial charge in [-0.1, -0.05) is 6.07 Å². The molecule has 2 aromatic rings. The molecule has 4 rings (SSSR count). The van der Waals surface area contributed by atoms with Crippen molar-refractivity contribution in [2.24, 2.45) is 11.8 Å². The third-order valence-corrected chi connectivity index (χ3v) is 5.79. The molecule has 0 N–H and O–H groups in total. The van der Waals surface area contributed by atoms with Crippen LogP contribution in [0, 0.1) is 11.8 Å². The first kappa shape index (κ1) is 18.5. The second kappa shape index (κ2) is 8.04. The summed E-state index contributed by atoms with van der Waals surface area (Å²) in [5.74, 6) is 1.13. The maximum Gasteiger partial charge on any atom is 0.228 e. The van der Waals surface area contributed by atoms with Gasteiger partial charge in [0, 0.05) is 56.7 Å². The molecule has 1 atom stereocenters. The van der Waals surface area contributed by atoms with Crippen molar-refractivity contribution < 1.29 is 14.3 Å². The van der Waals surface area contributed by atoms with Crippen LogP contribution in [0.15, 0.2) is 43.0 Å². The highest BCUT2D eigenvalue weighted by Gasteiger charge is 2.38. The number of methoxy groups -OCH3 is 1. The number of carbonyl (C=O) groups is 2. The molecule has 1 aromatic carbocycles. The predicted molar refractivity (Wildman–Crippen MR) is 105 cm³/mol. The summed E-state index contributed by atoms with van der Waals surface area (Å²) in [4.78, 5) is 33.2. The fourth-order valence-electron chi connectivity index (χ4n) is 4.19. The molecule has 0 aliphatic carbocycles. The molecule has 7 heteroatoms. The lowest BCUT2D eigenvalue weighted by Crippen LogP contribution is -2.43. The highest BCUT2D eigenvalue weighted by molar-refractivity contribution is 6.00. The molecule has 2 saturated heterocycles. The van der Waals surface area contributed by atoms with Gasteiger partial charge in [0.05, 0.1) is 19.4 Å². The van der Waals surface area contributed by atoms with Crippen molar-refractivity contribution in [1.82, 2.24) is 14.5 Å². The second-order valence-corrected chi connectivity index (χ2v) is 7.64. The first-order valence-electron chi connectivity index (χ1n) is 9.83. The van der Waals surface area contributed by atoms with Gasteiger partial charge in [0.15, 0.2) is 0 Å². The van der Waals surface area contributed by atoms with Crippen molar-refractivity contribution in [2.45, 2.75) is 25.8 Å². The van der Waals surface area contributed by atoms with E-state index < -0.39 is 0 Å². The van der Waals surface area contributed by atoms with Gasteiger partial charge in [-0.15, -0.1) is 0 Å². The number of piperidine rings is 1. The summed E-state index contributed by atoms with van der Waals surface area (Å²) in [7, 11) is 1.60. The number of nitrogens with zero attached hydrogens (tertiary/aromatic N) is 4. The van der Waals surface area contributed by atoms with E-state index in [1.165, 1.54) is 0 Å². The summed E-state index contributed by atoms with van der Waals surface area (Å²) < 4.78 is 7.35. The van der Waals surface area contributed by atoms with Gasteiger partial charge >= 0.3 is 0 Å². The Kier molecular flexibility index (Phi) is 5.32. The third-order valence-electron chi connectivity index (χ3n) is 5.79. The molecule has 0 saturated carbocycles. The van der Waals surface area contributed by atoms with E-state index in [0.717, 1.165) is 38.2 Å². The summed E-state index contributed by atoms with van der Waals surface area (Å²) in [6, 6.07) is 7.43. The van der Waals surface area contributed by atoms with Crippen molar-refractivity contribution in [3.05, 3.63) is 43.0 Å². The molecule has 148 valence electrons. The number of likely N-dealkylation sites (tertiary alicyclic amines) is 1. The predicted octanol–water partition coefficient (Wildman–Crippen LogP) is 2.18. The fraction of sp³-hybridized carbons (Fsp3) is 0.476. The van der Waals surface area contributed by atoms with Crippen LogP contribution < -0.4 is 9.64 Å². The lowest BCUT2D eigenvalue weighted by molar-refractivity contribution is -0.137. The number of carbonyl (C=O) groups excluding carboxylic acids is 2. The number of hydrogen-bond acceptors (Lipinski definition) is 4. The van der Waals surface area contributed by atoms with Gasteiger partial charge in [-0.2, -0.15) is 0 Å². The molecule has 0 unspecified atom stereocenters. The molecular weight excluding hydrogens is 356 g/mol. The molecular formula is C21H26N4O3. The van der Waals surface area contributed by atoms with Gasteiger partial charge in [0.1, 0.15) is 5.75 Å². The number of amides is 2. The average molecular weight is 382 g/mol. The van der Waals surface area contributed by atoms with Gasteiger partial charge in [-0.3, -0.25) is 9.59 Å². The minimum Gasteiger partial charge on any atom is -0.497 e. The number of rotatable bonds is 5. The standard InChI is InChI=1S/C21H26N4O3/c1-28-19-4-2-3-18(12-19)25-14-17(11-20(25)26)21(27)24-8-5-16(6-9-24)13-23-10-7-22-15-23/h2-4,7,10,12,15-17H,5-6,8-9,11,13-14H2,1H3/t17-/m0/s1. The van der Waals surface area contributed by atoms with Gasteiger partial charge in [0.2, 0.25) is 11.8 Å². The van der Waals surface area contributed by atoms with Crippen LogP contribution in [-0.4, -0.2) is 53.0 Å². The Labute approximate surface area is 164 Å². The Bertz CT molecular complexity index is 828. The topological polar surface area (TPSA) is 67.7 Å². The molecule has 28 heavy (non-hydrogen) atoms. The Hall–Kier alpha value is -2.83. The zero-order valence-electron chi connectivity index (χ0n) is 16.2. The summed E-state index contributed by atoms with van der Waals surface area (Å²) in [5, 5.41) is 0. The lowest BCUT2D eigenvalue weighted by Gasteiger charge is -2.33. The van der Waals surface area contributed by atoms with E-state index in [0.29, 0.717) is 18.2 Å². The van der Waals surface area contributed by atoms with E-state index in [1.54, 1.807) is 18.2 Å². The molecule has 0 bridgehead atoms. The Morgan fingerprint density at radius 2 is 2.11 bits per heavy atom. The third kappa shape index (κ3) is 3.88. The van der Waals surface area contributed by atoms with E-state index in [4.69, 9.17) is 4.74 Å². The lowest BCUT2D eigenvalue weighted by atomic mass is 9.95. The molecule has 7 nitrogen and oxygen atoms in total. The van der Waals surface area contributed by atoms with E-state index in [-0.39, 0.29) is 24.2 Å². The van der Waals surface area contributed by atoms with Crippen LogP contribution in [-0.2, 0) is 16.1 Å². The van der Waals surface area contributed by atoms with E-state index in [9.17, 15) is 9.59 Å². The van der Waals surface area contributed by atoms with E-state index >= 15 is 0 Å². The summed E-state index contributed by atoms with van der Waals surface area (Å²) in [6.07, 6.45) is 7.88. The molecule has 2 fully saturated rings. The summed E-state index contributed by atoms with van der Waals surface area (Å²) >= 11 is 0. The molecule has 0 spiro atoms.